The van der Waals surface area contributed by atoms with Crippen LogP contribution in [0.1, 0.15) is 33.9 Å². The van der Waals surface area contributed by atoms with Crippen LogP contribution in [0.15, 0.2) is 78.9 Å². The number of hydrogen-bond acceptors (Lipinski definition) is 2. The molecule has 3 rings (SSSR count). The summed E-state index contributed by atoms with van der Waals surface area (Å²) < 4.78 is 0. The van der Waals surface area contributed by atoms with Crippen LogP contribution in [0.3, 0.4) is 0 Å². The molecule has 0 aliphatic carbocycles. The Morgan fingerprint density at radius 1 is 0.893 bits per heavy atom. The van der Waals surface area contributed by atoms with Crippen LogP contribution < -0.4 is 10.6 Å². The van der Waals surface area contributed by atoms with Crippen LogP contribution in [0.25, 0.3) is 0 Å². The molecular weight excluding hydrogens is 372 g/mol. The molecule has 0 aliphatic heterocycles. The fourth-order valence-electron chi connectivity index (χ4n) is 2.85. The first kappa shape index (κ1) is 19.6. The van der Waals surface area contributed by atoms with Gasteiger partial charge in [-0.15, -0.1) is 0 Å². The lowest BCUT2D eigenvalue weighted by Crippen LogP contribution is -2.31. The molecule has 5 heteroatoms. The second-order valence-electron chi connectivity index (χ2n) is 6.53. The van der Waals surface area contributed by atoms with Gasteiger partial charge in [-0.25, -0.2) is 0 Å². The van der Waals surface area contributed by atoms with Gasteiger partial charge in [0.25, 0.3) is 5.91 Å². The van der Waals surface area contributed by atoms with E-state index < -0.39 is 6.04 Å². The fourth-order valence-corrected chi connectivity index (χ4v) is 3.07. The predicted octanol–water partition coefficient (Wildman–Crippen LogP) is 5.15. The van der Waals surface area contributed by atoms with Gasteiger partial charge in [-0.3, -0.25) is 9.59 Å². The lowest BCUT2D eigenvalue weighted by atomic mass is 10.0. The van der Waals surface area contributed by atoms with Crippen molar-refractivity contribution in [1.29, 1.82) is 0 Å². The van der Waals surface area contributed by atoms with Gasteiger partial charge in [0.15, 0.2) is 0 Å². The Kier molecular flexibility index (Phi) is 6.45. The third kappa shape index (κ3) is 5.21. The number of rotatable bonds is 6. The van der Waals surface area contributed by atoms with E-state index in [9.17, 15) is 9.59 Å². The van der Waals surface area contributed by atoms with Crippen molar-refractivity contribution in [1.82, 2.24) is 5.32 Å². The number of hydrogen-bond donors (Lipinski definition) is 2. The number of carbonyl (C=O) groups is 2. The van der Waals surface area contributed by atoms with Crippen molar-refractivity contribution in [2.24, 2.45) is 0 Å². The molecular formula is C23H21ClN2O2. The number of amides is 2. The number of carbonyl (C=O) groups excluding carboxylic acids is 2. The Balaban J connectivity index is 1.76. The first-order valence-electron chi connectivity index (χ1n) is 9.00. The van der Waals surface area contributed by atoms with Crippen molar-refractivity contribution in [3.8, 4) is 0 Å². The minimum Gasteiger partial charge on any atom is -0.345 e. The van der Waals surface area contributed by atoms with Gasteiger partial charge in [-0.1, -0.05) is 71.8 Å². The second-order valence-corrected chi connectivity index (χ2v) is 6.94. The molecule has 2 amide bonds. The molecule has 4 nitrogen and oxygen atoms in total. The van der Waals surface area contributed by atoms with E-state index in [1.54, 1.807) is 24.3 Å². The van der Waals surface area contributed by atoms with Crippen molar-refractivity contribution in [3.63, 3.8) is 0 Å². The normalized spacial score (nSPS) is 11.5. The lowest BCUT2D eigenvalue weighted by molar-refractivity contribution is -0.116. The molecule has 0 unspecified atom stereocenters. The number of aryl methyl sites for hydroxylation is 1. The molecule has 3 aromatic rings. The summed E-state index contributed by atoms with van der Waals surface area (Å²) in [6.45, 7) is 1.99. The first-order chi connectivity index (χ1) is 13.5. The quantitative estimate of drug-likeness (QED) is 0.609. The molecule has 142 valence electrons. The minimum atomic E-state index is -0.476. The fraction of sp³-hybridized carbons (Fsp3) is 0.130. The average Bonchev–Trinajstić information content (AvgIpc) is 2.70. The van der Waals surface area contributed by atoms with Crippen molar-refractivity contribution in [2.75, 3.05) is 5.32 Å². The van der Waals surface area contributed by atoms with E-state index in [1.165, 1.54) is 0 Å². The topological polar surface area (TPSA) is 58.2 Å². The van der Waals surface area contributed by atoms with Crippen LogP contribution >= 0.6 is 11.6 Å². The summed E-state index contributed by atoms with van der Waals surface area (Å²) in [6.07, 6.45) is 0.105. The lowest BCUT2D eigenvalue weighted by Gasteiger charge is -2.19. The molecule has 0 saturated heterocycles. The number of halogens is 1. The average molecular weight is 393 g/mol. The molecule has 0 aromatic heterocycles. The molecule has 3 aromatic carbocycles. The van der Waals surface area contributed by atoms with Crippen LogP contribution in [0, 0.1) is 6.92 Å². The van der Waals surface area contributed by atoms with E-state index in [0.29, 0.717) is 10.6 Å². The SMILES string of the molecule is Cc1ccc(NC(=O)C[C@H](NC(=O)c2ccccc2Cl)c2ccccc2)cc1. The largest absolute Gasteiger partial charge is 0.345 e. The minimum absolute atomic E-state index is 0.105. The standard InChI is InChI=1S/C23H21ClN2O2/c1-16-11-13-18(14-12-16)25-22(27)15-21(17-7-3-2-4-8-17)26-23(28)19-9-5-6-10-20(19)24/h2-14,21H,15H2,1H3,(H,25,27)(H,26,28)/t21-/m0/s1. The van der Waals surface area contributed by atoms with E-state index in [-0.39, 0.29) is 18.2 Å². The predicted molar refractivity (Wildman–Crippen MR) is 113 cm³/mol. The molecule has 0 bridgehead atoms. The number of benzene rings is 3. The molecule has 0 saturated carbocycles. The van der Waals surface area contributed by atoms with E-state index in [2.05, 4.69) is 10.6 Å². The molecule has 28 heavy (non-hydrogen) atoms. The Hall–Kier alpha value is -3.11. The second kappa shape index (κ2) is 9.20. The van der Waals surface area contributed by atoms with Crippen LogP contribution in [0.4, 0.5) is 5.69 Å². The molecule has 0 radical (unpaired) electrons. The zero-order valence-corrected chi connectivity index (χ0v) is 16.2. The van der Waals surface area contributed by atoms with Crippen molar-refractivity contribution >= 4 is 29.1 Å². The summed E-state index contributed by atoms with van der Waals surface area (Å²) in [5.41, 5.74) is 3.07. The Labute approximate surface area is 169 Å². The molecule has 0 fully saturated rings. The van der Waals surface area contributed by atoms with Crippen molar-refractivity contribution in [2.45, 2.75) is 19.4 Å². The maximum atomic E-state index is 12.7. The van der Waals surface area contributed by atoms with E-state index in [4.69, 9.17) is 11.6 Å². The number of anilines is 1. The van der Waals surface area contributed by atoms with Crippen molar-refractivity contribution < 1.29 is 9.59 Å². The Bertz CT molecular complexity index is 956. The highest BCUT2D eigenvalue weighted by Crippen LogP contribution is 2.21. The van der Waals surface area contributed by atoms with Crippen LogP contribution in [0.5, 0.6) is 0 Å². The maximum Gasteiger partial charge on any atom is 0.253 e. The summed E-state index contributed by atoms with van der Waals surface area (Å²) in [5.74, 6) is -0.500. The van der Waals surface area contributed by atoms with E-state index in [0.717, 1.165) is 16.8 Å². The van der Waals surface area contributed by atoms with Gasteiger partial charge in [-0.2, -0.15) is 0 Å². The summed E-state index contributed by atoms with van der Waals surface area (Å²) in [7, 11) is 0. The Morgan fingerprint density at radius 2 is 1.54 bits per heavy atom. The zero-order valence-electron chi connectivity index (χ0n) is 15.5. The molecule has 2 N–H and O–H groups in total. The summed E-state index contributed by atoms with van der Waals surface area (Å²) in [4.78, 5) is 25.3. The molecule has 0 heterocycles. The highest BCUT2D eigenvalue weighted by Gasteiger charge is 2.20. The third-order valence-corrected chi connectivity index (χ3v) is 4.68. The summed E-state index contributed by atoms with van der Waals surface area (Å²) in [5, 5.41) is 6.18. The van der Waals surface area contributed by atoms with Crippen LogP contribution in [-0.4, -0.2) is 11.8 Å². The Morgan fingerprint density at radius 3 is 2.21 bits per heavy atom. The van der Waals surface area contributed by atoms with Gasteiger partial charge < -0.3 is 10.6 Å². The van der Waals surface area contributed by atoms with Gasteiger partial charge in [-0.05, 0) is 36.8 Å². The maximum absolute atomic E-state index is 12.7. The van der Waals surface area contributed by atoms with E-state index >= 15 is 0 Å². The highest BCUT2D eigenvalue weighted by molar-refractivity contribution is 6.33. The molecule has 1 atom stereocenters. The van der Waals surface area contributed by atoms with Gasteiger partial charge in [0, 0.05) is 5.69 Å². The molecule has 0 aliphatic rings. The van der Waals surface area contributed by atoms with Gasteiger partial charge in [0.05, 0.1) is 23.0 Å². The highest BCUT2D eigenvalue weighted by atomic mass is 35.5. The number of nitrogens with one attached hydrogen (secondary N) is 2. The summed E-state index contributed by atoms with van der Waals surface area (Å²) in [6, 6.07) is 23.4. The van der Waals surface area contributed by atoms with Gasteiger partial charge in [0.2, 0.25) is 5.91 Å². The smallest absolute Gasteiger partial charge is 0.253 e. The molecule has 0 spiro atoms. The summed E-state index contributed by atoms with van der Waals surface area (Å²) >= 11 is 6.13. The van der Waals surface area contributed by atoms with Crippen molar-refractivity contribution in [3.05, 3.63) is 101 Å². The zero-order chi connectivity index (χ0) is 19.9. The first-order valence-corrected chi connectivity index (χ1v) is 9.37. The van der Waals surface area contributed by atoms with E-state index in [1.807, 2.05) is 61.5 Å². The van der Waals surface area contributed by atoms with Crippen LogP contribution in [-0.2, 0) is 4.79 Å². The van der Waals surface area contributed by atoms with Crippen LogP contribution in [0.2, 0.25) is 5.02 Å². The third-order valence-electron chi connectivity index (χ3n) is 4.35. The van der Waals surface area contributed by atoms with Gasteiger partial charge in [0.1, 0.15) is 0 Å². The van der Waals surface area contributed by atoms with Gasteiger partial charge >= 0.3 is 0 Å². The monoisotopic (exact) mass is 392 g/mol.